The number of carbonyl (C=O) groups is 1. The molecular formula is C24H25N5O3. The lowest BCUT2D eigenvalue weighted by Gasteiger charge is -2.22. The third-order valence-electron chi connectivity index (χ3n) is 5.21. The number of H-pyrrole nitrogens is 1. The number of aromatic amines is 1. The van der Waals surface area contributed by atoms with Gasteiger partial charge >= 0.3 is 0 Å². The van der Waals surface area contributed by atoms with Crippen molar-refractivity contribution in [2.24, 2.45) is 5.92 Å². The predicted octanol–water partition coefficient (Wildman–Crippen LogP) is 3.15. The molecule has 3 heterocycles. The van der Waals surface area contributed by atoms with Crippen LogP contribution in [-0.4, -0.2) is 32.6 Å². The van der Waals surface area contributed by atoms with Gasteiger partial charge in [0.25, 0.3) is 5.56 Å². The Morgan fingerprint density at radius 1 is 1.16 bits per heavy atom. The number of rotatable bonds is 7. The van der Waals surface area contributed by atoms with Crippen molar-refractivity contribution in [2.75, 3.05) is 7.11 Å². The summed E-state index contributed by atoms with van der Waals surface area (Å²) in [6.45, 7) is 3.97. The summed E-state index contributed by atoms with van der Waals surface area (Å²) in [5, 5.41) is 6.08. The second-order valence-electron chi connectivity index (χ2n) is 7.92. The fraction of sp³-hybridized carbons (Fsp3) is 0.250. The maximum atomic E-state index is 12.8. The molecule has 0 saturated carbocycles. The van der Waals surface area contributed by atoms with E-state index in [1.54, 1.807) is 19.4 Å². The number of hydrogen-bond donors (Lipinski definition) is 2. The van der Waals surface area contributed by atoms with Gasteiger partial charge in [0.15, 0.2) is 5.65 Å². The van der Waals surface area contributed by atoms with Crippen LogP contribution in [0.4, 0.5) is 0 Å². The fourth-order valence-electron chi connectivity index (χ4n) is 3.60. The molecule has 1 aromatic carbocycles. The van der Waals surface area contributed by atoms with Gasteiger partial charge in [0.1, 0.15) is 5.75 Å². The van der Waals surface area contributed by atoms with E-state index < -0.39 is 6.04 Å². The minimum atomic E-state index is -0.404. The van der Waals surface area contributed by atoms with Crippen molar-refractivity contribution in [3.8, 4) is 17.1 Å². The first-order valence-corrected chi connectivity index (χ1v) is 10.4. The minimum Gasteiger partial charge on any atom is -0.497 e. The molecule has 3 aromatic heterocycles. The first-order chi connectivity index (χ1) is 15.4. The normalized spacial score (nSPS) is 12.1. The van der Waals surface area contributed by atoms with Gasteiger partial charge in [-0.15, -0.1) is 0 Å². The van der Waals surface area contributed by atoms with E-state index in [2.05, 4.69) is 20.4 Å². The van der Waals surface area contributed by atoms with Crippen LogP contribution >= 0.6 is 0 Å². The van der Waals surface area contributed by atoms with Crippen LogP contribution in [0.1, 0.15) is 31.1 Å². The fourth-order valence-corrected chi connectivity index (χ4v) is 3.60. The van der Waals surface area contributed by atoms with Crippen LogP contribution in [0, 0.1) is 5.92 Å². The Morgan fingerprint density at radius 3 is 2.72 bits per heavy atom. The largest absolute Gasteiger partial charge is 0.497 e. The molecule has 4 aromatic rings. The molecule has 164 valence electrons. The quantitative estimate of drug-likeness (QED) is 0.468. The second-order valence-corrected chi connectivity index (χ2v) is 7.92. The van der Waals surface area contributed by atoms with Crippen LogP contribution in [0.5, 0.6) is 5.75 Å². The van der Waals surface area contributed by atoms with Crippen molar-refractivity contribution in [1.29, 1.82) is 0 Å². The maximum absolute atomic E-state index is 12.8. The topological polar surface area (TPSA) is 101 Å². The summed E-state index contributed by atoms with van der Waals surface area (Å²) in [6.07, 6.45) is 1.89. The van der Waals surface area contributed by atoms with Crippen molar-refractivity contribution in [3.63, 3.8) is 0 Å². The number of ether oxygens (including phenoxy) is 1. The third kappa shape index (κ3) is 4.54. The predicted molar refractivity (Wildman–Crippen MR) is 121 cm³/mol. The molecule has 0 aliphatic carbocycles. The molecule has 0 bridgehead atoms. The lowest BCUT2D eigenvalue weighted by Crippen LogP contribution is -2.34. The molecule has 1 unspecified atom stereocenters. The molecule has 32 heavy (non-hydrogen) atoms. The molecule has 8 nitrogen and oxygen atoms in total. The number of nitrogens with one attached hydrogen (secondary N) is 2. The van der Waals surface area contributed by atoms with Crippen LogP contribution in [0.15, 0.2) is 65.6 Å². The van der Waals surface area contributed by atoms with Gasteiger partial charge < -0.3 is 10.1 Å². The Hall–Kier alpha value is -3.94. The summed E-state index contributed by atoms with van der Waals surface area (Å²) in [6, 6.07) is 15.8. The maximum Gasteiger partial charge on any atom is 0.272 e. The van der Waals surface area contributed by atoms with Crippen molar-refractivity contribution in [3.05, 3.63) is 82.4 Å². The van der Waals surface area contributed by atoms with E-state index in [0.717, 1.165) is 5.56 Å². The highest BCUT2D eigenvalue weighted by Crippen LogP contribution is 2.22. The molecule has 4 rings (SSSR count). The number of methoxy groups -OCH3 is 1. The van der Waals surface area contributed by atoms with Crippen molar-refractivity contribution in [2.45, 2.75) is 26.3 Å². The molecular weight excluding hydrogens is 406 g/mol. The zero-order valence-electron chi connectivity index (χ0n) is 18.2. The summed E-state index contributed by atoms with van der Waals surface area (Å²) >= 11 is 0. The molecule has 0 radical (unpaired) electrons. The number of nitrogens with zero attached hydrogens (tertiary/aromatic N) is 3. The van der Waals surface area contributed by atoms with Crippen LogP contribution in [0.3, 0.4) is 0 Å². The van der Waals surface area contributed by atoms with Crippen LogP contribution in [0.25, 0.3) is 17.0 Å². The average molecular weight is 431 g/mol. The van der Waals surface area contributed by atoms with Gasteiger partial charge in [-0.25, -0.2) is 9.50 Å². The first kappa shape index (κ1) is 21.3. The van der Waals surface area contributed by atoms with E-state index in [1.807, 2.05) is 56.3 Å². The highest BCUT2D eigenvalue weighted by molar-refractivity contribution is 5.79. The number of pyridine rings is 1. The Balaban J connectivity index is 1.60. The standard InChI is InChI=1S/C24H25N5O3/c1-15(2)24(27-22(30)12-16-7-6-8-17(11-16)32-3)20-14-23(31)29-21(26-20)13-19(28-29)18-9-4-5-10-25-18/h4-11,13-15,24,28H,12H2,1-3H3,(H,27,30). The summed E-state index contributed by atoms with van der Waals surface area (Å²) in [5.41, 5.74) is 3.00. The second kappa shape index (κ2) is 9.05. The van der Waals surface area contributed by atoms with Gasteiger partial charge in [0.2, 0.25) is 5.91 Å². The van der Waals surface area contributed by atoms with Gasteiger partial charge in [-0.3, -0.25) is 19.7 Å². The monoisotopic (exact) mass is 431 g/mol. The SMILES string of the molecule is COc1cccc(CC(=O)NC(c2cc(=O)n3[nH]c(-c4ccccn4)cc3n2)C(C)C)c1. The van der Waals surface area contributed by atoms with Gasteiger partial charge in [-0.2, -0.15) is 0 Å². The number of hydrogen-bond acceptors (Lipinski definition) is 5. The smallest absolute Gasteiger partial charge is 0.272 e. The molecule has 2 N–H and O–H groups in total. The lowest BCUT2D eigenvalue weighted by molar-refractivity contribution is -0.121. The van der Waals surface area contributed by atoms with Gasteiger partial charge in [-0.05, 0) is 35.7 Å². The Kier molecular flexibility index (Phi) is 6.02. The molecule has 0 fully saturated rings. The number of amides is 1. The number of benzene rings is 1. The van der Waals surface area contributed by atoms with Crippen LogP contribution in [-0.2, 0) is 11.2 Å². The Labute approximate surface area is 185 Å². The first-order valence-electron chi connectivity index (χ1n) is 10.4. The molecule has 8 heteroatoms. The Morgan fingerprint density at radius 2 is 2.00 bits per heavy atom. The molecule has 0 aliphatic rings. The zero-order valence-corrected chi connectivity index (χ0v) is 18.2. The summed E-state index contributed by atoms with van der Waals surface area (Å²) in [5.74, 6) is 0.585. The average Bonchev–Trinajstić information content (AvgIpc) is 3.23. The molecule has 0 aliphatic heterocycles. The molecule has 1 amide bonds. The minimum absolute atomic E-state index is 0.0350. The van der Waals surface area contributed by atoms with E-state index in [9.17, 15) is 9.59 Å². The summed E-state index contributed by atoms with van der Waals surface area (Å²) < 4.78 is 6.60. The lowest BCUT2D eigenvalue weighted by atomic mass is 10.00. The molecule has 0 saturated heterocycles. The van der Waals surface area contributed by atoms with Gasteiger partial charge in [-0.1, -0.05) is 32.0 Å². The van der Waals surface area contributed by atoms with Crippen LogP contribution < -0.4 is 15.6 Å². The van der Waals surface area contributed by atoms with E-state index in [1.165, 1.54) is 10.6 Å². The third-order valence-corrected chi connectivity index (χ3v) is 5.21. The van der Waals surface area contributed by atoms with Crippen molar-refractivity contribution < 1.29 is 9.53 Å². The number of aromatic nitrogens is 4. The van der Waals surface area contributed by atoms with Crippen molar-refractivity contribution in [1.82, 2.24) is 24.9 Å². The van der Waals surface area contributed by atoms with E-state index in [-0.39, 0.29) is 23.8 Å². The summed E-state index contributed by atoms with van der Waals surface area (Å²) in [4.78, 5) is 34.5. The molecule has 0 spiro atoms. The summed E-state index contributed by atoms with van der Waals surface area (Å²) in [7, 11) is 1.59. The highest BCUT2D eigenvalue weighted by Gasteiger charge is 2.22. The van der Waals surface area contributed by atoms with E-state index >= 15 is 0 Å². The molecule has 1 atom stereocenters. The number of carbonyl (C=O) groups excluding carboxylic acids is 1. The Bertz CT molecular complexity index is 1290. The number of fused-ring (bicyclic) bond motifs is 1. The van der Waals surface area contributed by atoms with Gasteiger partial charge in [0, 0.05) is 18.3 Å². The van der Waals surface area contributed by atoms with Crippen molar-refractivity contribution >= 4 is 11.6 Å². The zero-order chi connectivity index (χ0) is 22.7. The van der Waals surface area contributed by atoms with E-state index in [4.69, 9.17) is 4.74 Å². The van der Waals surface area contributed by atoms with Gasteiger partial charge in [0.05, 0.1) is 36.7 Å². The van der Waals surface area contributed by atoms with Crippen LogP contribution in [0.2, 0.25) is 0 Å². The highest BCUT2D eigenvalue weighted by atomic mass is 16.5. The van der Waals surface area contributed by atoms with E-state index in [0.29, 0.717) is 28.5 Å².